The van der Waals surface area contributed by atoms with E-state index >= 15 is 0 Å². The van der Waals surface area contributed by atoms with Gasteiger partial charge in [0.15, 0.2) is 0 Å². The third-order valence-corrected chi connectivity index (χ3v) is 4.10. The SMILES string of the molecule is CC1CN(CC(O)Cn2cnc3ccccc3c2=O)CC(C)O1. The minimum atomic E-state index is -0.617. The average Bonchev–Trinajstić information content (AvgIpc) is 2.49. The summed E-state index contributed by atoms with van der Waals surface area (Å²) in [4.78, 5) is 18.9. The number of hydrogen-bond donors (Lipinski definition) is 1. The van der Waals surface area contributed by atoms with Crippen molar-refractivity contribution in [2.45, 2.75) is 38.7 Å². The van der Waals surface area contributed by atoms with Gasteiger partial charge in [0.05, 0.1) is 42.1 Å². The van der Waals surface area contributed by atoms with Crippen molar-refractivity contribution in [3.05, 3.63) is 40.9 Å². The molecule has 1 aliphatic rings. The standard InChI is InChI=1S/C17H23N3O3/c1-12-7-19(8-13(2)23-12)9-14(21)10-20-11-18-16-6-4-3-5-15(16)17(20)22/h3-6,11-14,21H,7-10H2,1-2H3. The lowest BCUT2D eigenvalue weighted by molar-refractivity contribution is -0.0773. The molecule has 3 atom stereocenters. The van der Waals surface area contributed by atoms with Crippen molar-refractivity contribution in [1.29, 1.82) is 0 Å². The van der Waals surface area contributed by atoms with Crippen molar-refractivity contribution in [2.75, 3.05) is 19.6 Å². The van der Waals surface area contributed by atoms with Gasteiger partial charge in [-0.15, -0.1) is 0 Å². The Morgan fingerprint density at radius 2 is 1.96 bits per heavy atom. The fraction of sp³-hybridized carbons (Fsp3) is 0.529. The van der Waals surface area contributed by atoms with Crippen LogP contribution in [-0.4, -0.2) is 57.5 Å². The first kappa shape index (κ1) is 16.1. The van der Waals surface area contributed by atoms with Gasteiger partial charge in [0.2, 0.25) is 0 Å². The van der Waals surface area contributed by atoms with Crippen LogP contribution in [0.2, 0.25) is 0 Å². The molecule has 1 fully saturated rings. The number of rotatable bonds is 4. The molecule has 1 aromatic carbocycles. The molecular formula is C17H23N3O3. The summed E-state index contributed by atoms with van der Waals surface area (Å²) in [6.07, 6.45) is 1.22. The van der Waals surface area contributed by atoms with Gasteiger partial charge in [-0.1, -0.05) is 12.1 Å². The smallest absolute Gasteiger partial charge is 0.261 e. The zero-order chi connectivity index (χ0) is 16.4. The van der Waals surface area contributed by atoms with Gasteiger partial charge < -0.3 is 9.84 Å². The normalized spacial score (nSPS) is 24.0. The minimum Gasteiger partial charge on any atom is -0.390 e. The van der Waals surface area contributed by atoms with Crippen LogP contribution in [0.15, 0.2) is 35.4 Å². The summed E-state index contributed by atoms with van der Waals surface area (Å²) < 4.78 is 7.18. The highest BCUT2D eigenvalue weighted by atomic mass is 16.5. The Kier molecular flexibility index (Phi) is 4.75. The van der Waals surface area contributed by atoms with Gasteiger partial charge in [0, 0.05) is 19.6 Å². The third-order valence-electron chi connectivity index (χ3n) is 4.10. The lowest BCUT2D eigenvalue weighted by Gasteiger charge is -2.36. The summed E-state index contributed by atoms with van der Waals surface area (Å²) in [6.45, 7) is 6.44. The molecule has 6 heteroatoms. The molecule has 1 aliphatic heterocycles. The van der Waals surface area contributed by atoms with E-state index in [4.69, 9.17) is 4.74 Å². The second kappa shape index (κ2) is 6.78. The summed E-state index contributed by atoms with van der Waals surface area (Å²) >= 11 is 0. The fourth-order valence-electron chi connectivity index (χ4n) is 3.25. The summed E-state index contributed by atoms with van der Waals surface area (Å²) in [6, 6.07) is 7.25. The van der Waals surface area contributed by atoms with Crippen molar-refractivity contribution in [3.63, 3.8) is 0 Å². The molecule has 2 aromatic rings. The monoisotopic (exact) mass is 317 g/mol. The fourth-order valence-corrected chi connectivity index (χ4v) is 3.25. The summed E-state index contributed by atoms with van der Waals surface area (Å²) in [5, 5.41) is 10.9. The van der Waals surface area contributed by atoms with Crippen LogP contribution in [0.5, 0.6) is 0 Å². The van der Waals surface area contributed by atoms with Crippen LogP contribution in [0.25, 0.3) is 10.9 Å². The zero-order valence-corrected chi connectivity index (χ0v) is 13.6. The number of β-amino-alcohol motifs (C(OH)–C–C–N with tert-alkyl or cyclic N) is 1. The molecule has 1 aromatic heterocycles. The number of morpholine rings is 1. The second-order valence-electron chi connectivity index (χ2n) is 6.35. The molecule has 2 heterocycles. The number of benzene rings is 1. The van der Waals surface area contributed by atoms with E-state index < -0.39 is 6.10 Å². The summed E-state index contributed by atoms with van der Waals surface area (Å²) in [5.41, 5.74) is 0.567. The number of nitrogens with zero attached hydrogens (tertiary/aromatic N) is 3. The Labute approximate surface area is 135 Å². The number of aromatic nitrogens is 2. The largest absolute Gasteiger partial charge is 0.390 e. The van der Waals surface area contributed by atoms with Gasteiger partial charge in [-0.25, -0.2) is 4.98 Å². The van der Waals surface area contributed by atoms with E-state index in [1.165, 1.54) is 10.9 Å². The average molecular weight is 317 g/mol. The molecule has 1 N–H and O–H groups in total. The highest BCUT2D eigenvalue weighted by Crippen LogP contribution is 2.11. The third kappa shape index (κ3) is 3.77. The minimum absolute atomic E-state index is 0.113. The predicted octanol–water partition coefficient (Wildman–Crippen LogP) is 0.867. The zero-order valence-electron chi connectivity index (χ0n) is 13.6. The molecule has 3 unspecified atom stereocenters. The van der Waals surface area contributed by atoms with Crippen LogP contribution >= 0.6 is 0 Å². The molecular weight excluding hydrogens is 294 g/mol. The maximum atomic E-state index is 12.4. The number of aliphatic hydroxyl groups is 1. The maximum absolute atomic E-state index is 12.4. The Morgan fingerprint density at radius 1 is 1.26 bits per heavy atom. The van der Waals surface area contributed by atoms with Crippen LogP contribution in [0.4, 0.5) is 0 Å². The highest BCUT2D eigenvalue weighted by Gasteiger charge is 2.24. The molecule has 0 bridgehead atoms. The molecule has 0 amide bonds. The second-order valence-corrected chi connectivity index (χ2v) is 6.35. The molecule has 124 valence electrons. The Morgan fingerprint density at radius 3 is 2.70 bits per heavy atom. The van der Waals surface area contributed by atoms with Gasteiger partial charge in [-0.3, -0.25) is 14.3 Å². The van der Waals surface area contributed by atoms with E-state index in [1.54, 1.807) is 6.07 Å². The van der Waals surface area contributed by atoms with Crippen LogP contribution in [0.3, 0.4) is 0 Å². The quantitative estimate of drug-likeness (QED) is 0.906. The first-order valence-electron chi connectivity index (χ1n) is 8.03. The lowest BCUT2D eigenvalue weighted by atomic mass is 10.2. The van der Waals surface area contributed by atoms with E-state index in [-0.39, 0.29) is 24.3 Å². The number of para-hydroxylation sites is 1. The van der Waals surface area contributed by atoms with E-state index in [1.807, 2.05) is 32.0 Å². The van der Waals surface area contributed by atoms with Gasteiger partial charge in [-0.2, -0.15) is 0 Å². The molecule has 0 radical (unpaired) electrons. The first-order chi connectivity index (χ1) is 11.0. The Balaban J connectivity index is 1.69. The van der Waals surface area contributed by atoms with E-state index in [0.717, 1.165) is 13.1 Å². The first-order valence-corrected chi connectivity index (χ1v) is 8.03. The number of hydrogen-bond acceptors (Lipinski definition) is 5. The summed E-state index contributed by atoms with van der Waals surface area (Å²) in [7, 11) is 0. The predicted molar refractivity (Wildman–Crippen MR) is 88.5 cm³/mol. The molecule has 6 nitrogen and oxygen atoms in total. The summed E-state index contributed by atoms with van der Waals surface area (Å²) in [5.74, 6) is 0. The van der Waals surface area contributed by atoms with E-state index in [9.17, 15) is 9.90 Å². The maximum Gasteiger partial charge on any atom is 0.261 e. The van der Waals surface area contributed by atoms with Crippen molar-refractivity contribution in [3.8, 4) is 0 Å². The molecule has 0 aliphatic carbocycles. The molecule has 1 saturated heterocycles. The van der Waals surface area contributed by atoms with Crippen LogP contribution in [0.1, 0.15) is 13.8 Å². The molecule has 0 spiro atoms. The van der Waals surface area contributed by atoms with E-state index in [2.05, 4.69) is 9.88 Å². The topological polar surface area (TPSA) is 67.6 Å². The Bertz CT molecular complexity index is 720. The van der Waals surface area contributed by atoms with Crippen molar-refractivity contribution in [1.82, 2.24) is 14.5 Å². The van der Waals surface area contributed by atoms with Gasteiger partial charge in [0.1, 0.15) is 0 Å². The number of fused-ring (bicyclic) bond motifs is 1. The van der Waals surface area contributed by atoms with Crippen LogP contribution < -0.4 is 5.56 Å². The van der Waals surface area contributed by atoms with Gasteiger partial charge in [0.25, 0.3) is 5.56 Å². The molecule has 0 saturated carbocycles. The van der Waals surface area contributed by atoms with Crippen LogP contribution in [0, 0.1) is 0 Å². The van der Waals surface area contributed by atoms with Crippen molar-refractivity contribution in [2.24, 2.45) is 0 Å². The van der Waals surface area contributed by atoms with Crippen molar-refractivity contribution < 1.29 is 9.84 Å². The van der Waals surface area contributed by atoms with Gasteiger partial charge in [-0.05, 0) is 26.0 Å². The highest BCUT2D eigenvalue weighted by molar-refractivity contribution is 5.76. The number of aliphatic hydroxyl groups excluding tert-OH is 1. The Hall–Kier alpha value is -1.76. The molecule has 23 heavy (non-hydrogen) atoms. The number of ether oxygens (including phenoxy) is 1. The van der Waals surface area contributed by atoms with Crippen molar-refractivity contribution >= 4 is 10.9 Å². The van der Waals surface area contributed by atoms with Crippen LogP contribution in [-0.2, 0) is 11.3 Å². The van der Waals surface area contributed by atoms with E-state index in [0.29, 0.717) is 17.4 Å². The molecule has 3 rings (SSSR count). The lowest BCUT2D eigenvalue weighted by Crippen LogP contribution is -2.48. The van der Waals surface area contributed by atoms with Gasteiger partial charge >= 0.3 is 0 Å².